The molecule has 0 radical (unpaired) electrons. The zero-order valence-electron chi connectivity index (χ0n) is 7.53. The molecule has 0 atom stereocenters. The third kappa shape index (κ3) is 2.93. The number of carbonyl (C=O) groups excluding carboxylic acids is 1. The second-order valence-corrected chi connectivity index (χ2v) is 2.85. The van der Waals surface area contributed by atoms with Crippen LogP contribution in [0.15, 0.2) is 6.20 Å². The maximum atomic E-state index is 11.7. The molecule has 13 heavy (non-hydrogen) atoms. The normalized spacial score (nSPS) is 10.3. The largest absolute Gasteiger partial charge is 0.292 e. The molecule has 0 bridgehead atoms. The maximum Gasteiger partial charge on any atom is 0.184 e. The highest BCUT2D eigenvalue weighted by Gasteiger charge is 2.08. The molecule has 0 unspecified atom stereocenters. The Morgan fingerprint density at radius 3 is 2.92 bits per heavy atom. The van der Waals surface area contributed by atoms with E-state index in [9.17, 15) is 9.18 Å². The standard InChI is InChI=1S/C8H12FN3O/c1-12-6-7(10-11-12)8(13)4-2-3-5-9/h6H,2-5H2,1H3. The van der Waals surface area contributed by atoms with Gasteiger partial charge in [-0.2, -0.15) is 0 Å². The molecule has 5 heteroatoms. The van der Waals surface area contributed by atoms with Crippen molar-refractivity contribution in [2.24, 2.45) is 7.05 Å². The number of carbonyl (C=O) groups is 1. The van der Waals surface area contributed by atoms with E-state index >= 15 is 0 Å². The van der Waals surface area contributed by atoms with E-state index in [1.807, 2.05) is 0 Å². The van der Waals surface area contributed by atoms with Crippen LogP contribution in [0.5, 0.6) is 0 Å². The second kappa shape index (κ2) is 4.69. The highest BCUT2D eigenvalue weighted by atomic mass is 19.1. The molecule has 4 nitrogen and oxygen atoms in total. The van der Waals surface area contributed by atoms with Crippen LogP contribution in [-0.4, -0.2) is 27.5 Å². The Morgan fingerprint density at radius 1 is 1.62 bits per heavy atom. The van der Waals surface area contributed by atoms with Crippen molar-refractivity contribution in [2.45, 2.75) is 19.3 Å². The molecule has 1 aromatic heterocycles. The summed E-state index contributed by atoms with van der Waals surface area (Å²) in [5.41, 5.74) is 0.362. The van der Waals surface area contributed by atoms with Crippen molar-refractivity contribution in [3.05, 3.63) is 11.9 Å². The summed E-state index contributed by atoms with van der Waals surface area (Å²) in [6, 6.07) is 0. The molecule has 0 aromatic carbocycles. The van der Waals surface area contributed by atoms with Gasteiger partial charge >= 0.3 is 0 Å². The van der Waals surface area contributed by atoms with Gasteiger partial charge in [0.2, 0.25) is 0 Å². The smallest absolute Gasteiger partial charge is 0.184 e. The second-order valence-electron chi connectivity index (χ2n) is 2.85. The number of halogens is 1. The van der Waals surface area contributed by atoms with Crippen LogP contribution in [0.3, 0.4) is 0 Å². The lowest BCUT2D eigenvalue weighted by Gasteiger charge is -1.93. The Labute approximate surface area is 75.7 Å². The molecule has 0 saturated heterocycles. The van der Waals surface area contributed by atoms with E-state index in [0.29, 0.717) is 25.0 Å². The highest BCUT2D eigenvalue weighted by Crippen LogP contribution is 2.03. The fourth-order valence-electron chi connectivity index (χ4n) is 0.983. The van der Waals surface area contributed by atoms with Gasteiger partial charge in [0.15, 0.2) is 5.78 Å². The van der Waals surface area contributed by atoms with Gasteiger partial charge in [0.05, 0.1) is 12.9 Å². The van der Waals surface area contributed by atoms with Crippen LogP contribution in [0.1, 0.15) is 29.8 Å². The first-order valence-electron chi connectivity index (χ1n) is 4.19. The molecule has 0 spiro atoms. The maximum absolute atomic E-state index is 11.7. The number of hydrogen-bond acceptors (Lipinski definition) is 3. The summed E-state index contributed by atoms with van der Waals surface area (Å²) in [6.07, 6.45) is 2.93. The van der Waals surface area contributed by atoms with E-state index in [4.69, 9.17) is 0 Å². The summed E-state index contributed by atoms with van der Waals surface area (Å²) in [7, 11) is 1.70. The van der Waals surface area contributed by atoms with Crippen LogP contribution in [0.25, 0.3) is 0 Å². The fourth-order valence-corrected chi connectivity index (χ4v) is 0.983. The third-order valence-electron chi connectivity index (χ3n) is 1.68. The van der Waals surface area contributed by atoms with Gasteiger partial charge in [-0.05, 0) is 12.8 Å². The number of nitrogens with zero attached hydrogens (tertiary/aromatic N) is 3. The van der Waals surface area contributed by atoms with E-state index in [-0.39, 0.29) is 12.5 Å². The van der Waals surface area contributed by atoms with E-state index in [2.05, 4.69) is 10.3 Å². The number of Topliss-reactive ketones (excluding diaryl/α,β-unsaturated/α-hetero) is 1. The Bertz CT molecular complexity index is 285. The first-order valence-corrected chi connectivity index (χ1v) is 4.19. The predicted molar refractivity (Wildman–Crippen MR) is 45.2 cm³/mol. The minimum atomic E-state index is -0.367. The number of ketones is 1. The van der Waals surface area contributed by atoms with Crippen LogP contribution < -0.4 is 0 Å². The van der Waals surface area contributed by atoms with E-state index in [1.165, 1.54) is 4.68 Å². The molecule has 1 aromatic rings. The minimum absolute atomic E-state index is 0.0680. The fraction of sp³-hybridized carbons (Fsp3) is 0.625. The first-order chi connectivity index (χ1) is 6.24. The van der Waals surface area contributed by atoms with E-state index in [1.54, 1.807) is 13.2 Å². The van der Waals surface area contributed by atoms with Gasteiger partial charge in [-0.1, -0.05) is 5.21 Å². The first kappa shape index (κ1) is 9.83. The number of rotatable bonds is 5. The SMILES string of the molecule is Cn1cc(C(=O)CCCCF)nn1. The molecule has 0 aliphatic rings. The molecule has 0 aliphatic carbocycles. The lowest BCUT2D eigenvalue weighted by Crippen LogP contribution is -1.99. The quantitative estimate of drug-likeness (QED) is 0.510. The molecule has 1 heterocycles. The van der Waals surface area contributed by atoms with Gasteiger partial charge in [-0.25, -0.2) is 0 Å². The molecule has 0 aliphatic heterocycles. The molecule has 72 valence electrons. The highest BCUT2D eigenvalue weighted by molar-refractivity contribution is 5.93. The Balaban J connectivity index is 2.40. The van der Waals surface area contributed by atoms with Gasteiger partial charge in [0, 0.05) is 13.5 Å². The molecule has 0 fully saturated rings. The van der Waals surface area contributed by atoms with Crippen LogP contribution in [0.2, 0.25) is 0 Å². The molecule has 0 amide bonds. The lowest BCUT2D eigenvalue weighted by atomic mass is 10.1. The zero-order valence-corrected chi connectivity index (χ0v) is 7.53. The molecular formula is C8H12FN3O. The van der Waals surface area contributed by atoms with Gasteiger partial charge in [-0.3, -0.25) is 13.9 Å². The summed E-state index contributed by atoms with van der Waals surface area (Å²) in [4.78, 5) is 11.3. The monoisotopic (exact) mass is 185 g/mol. The average molecular weight is 185 g/mol. The van der Waals surface area contributed by atoms with Gasteiger partial charge in [-0.15, -0.1) is 5.10 Å². The minimum Gasteiger partial charge on any atom is -0.292 e. The van der Waals surface area contributed by atoms with Gasteiger partial charge in [0.25, 0.3) is 0 Å². The predicted octanol–water partition coefficient (Wildman–Crippen LogP) is 1.14. The van der Waals surface area contributed by atoms with Crippen LogP contribution in [0, 0.1) is 0 Å². The van der Waals surface area contributed by atoms with E-state index in [0.717, 1.165) is 0 Å². The van der Waals surface area contributed by atoms with Gasteiger partial charge in [0.1, 0.15) is 5.69 Å². The van der Waals surface area contributed by atoms with Crippen molar-refractivity contribution in [3.63, 3.8) is 0 Å². The Hall–Kier alpha value is -1.26. The van der Waals surface area contributed by atoms with Crippen molar-refractivity contribution in [2.75, 3.05) is 6.67 Å². The summed E-state index contributed by atoms with van der Waals surface area (Å²) in [5.74, 6) is -0.0680. The molecule has 1 rings (SSSR count). The Morgan fingerprint density at radius 2 is 2.38 bits per heavy atom. The summed E-state index contributed by atoms with van der Waals surface area (Å²) in [6.45, 7) is -0.367. The summed E-state index contributed by atoms with van der Waals surface area (Å²) in [5, 5.41) is 7.30. The zero-order chi connectivity index (χ0) is 9.68. The van der Waals surface area contributed by atoms with Crippen molar-refractivity contribution in [1.82, 2.24) is 15.0 Å². The van der Waals surface area contributed by atoms with E-state index < -0.39 is 0 Å². The van der Waals surface area contributed by atoms with Crippen molar-refractivity contribution in [1.29, 1.82) is 0 Å². The van der Waals surface area contributed by atoms with Crippen molar-refractivity contribution >= 4 is 5.78 Å². The molecular weight excluding hydrogens is 173 g/mol. The van der Waals surface area contributed by atoms with Crippen molar-refractivity contribution < 1.29 is 9.18 Å². The van der Waals surface area contributed by atoms with Crippen LogP contribution in [-0.2, 0) is 7.05 Å². The number of hydrogen-bond donors (Lipinski definition) is 0. The topological polar surface area (TPSA) is 47.8 Å². The Kier molecular flexibility index (Phi) is 3.54. The summed E-state index contributed by atoms with van der Waals surface area (Å²) < 4.78 is 13.2. The number of alkyl halides is 1. The van der Waals surface area contributed by atoms with Crippen molar-refractivity contribution in [3.8, 4) is 0 Å². The summed E-state index contributed by atoms with van der Waals surface area (Å²) >= 11 is 0. The van der Waals surface area contributed by atoms with Crippen LogP contribution >= 0.6 is 0 Å². The molecule has 0 saturated carbocycles. The average Bonchev–Trinajstić information content (AvgIpc) is 2.52. The number of aromatic nitrogens is 3. The number of unbranched alkanes of at least 4 members (excludes halogenated alkanes) is 1. The third-order valence-corrected chi connectivity index (χ3v) is 1.68. The lowest BCUT2D eigenvalue weighted by molar-refractivity contribution is 0.0974. The van der Waals surface area contributed by atoms with Gasteiger partial charge < -0.3 is 0 Å². The number of aryl methyl sites for hydroxylation is 1. The molecule has 0 N–H and O–H groups in total. The van der Waals surface area contributed by atoms with Crippen LogP contribution in [0.4, 0.5) is 4.39 Å².